The summed E-state index contributed by atoms with van der Waals surface area (Å²) >= 11 is 0. The van der Waals surface area contributed by atoms with Gasteiger partial charge in [-0.05, 0) is 0 Å². The van der Waals surface area contributed by atoms with Gasteiger partial charge in [0.05, 0.1) is 6.61 Å². The second-order valence-corrected chi connectivity index (χ2v) is 7.32. The number of ether oxygens (including phenoxy) is 4. The second kappa shape index (κ2) is 9.41. The van der Waals surface area contributed by atoms with E-state index in [0.717, 1.165) is 7.11 Å². The van der Waals surface area contributed by atoms with Crippen molar-refractivity contribution in [3.05, 3.63) is 0 Å². The fourth-order valence-corrected chi connectivity index (χ4v) is 3.48. The lowest BCUT2D eigenvalue weighted by atomic mass is 9.97. The number of methoxy groups -OCH3 is 1. The van der Waals surface area contributed by atoms with E-state index in [1.54, 1.807) is 0 Å². The van der Waals surface area contributed by atoms with Crippen molar-refractivity contribution in [2.45, 2.75) is 61.4 Å². The molecule has 2 heterocycles. The monoisotopic (exact) mass is 450 g/mol. The Kier molecular flexibility index (Phi) is 7.87. The number of rotatable bonds is 7. The van der Waals surface area contributed by atoms with Gasteiger partial charge in [-0.3, -0.25) is 4.55 Å². The van der Waals surface area contributed by atoms with Crippen LogP contribution in [0.4, 0.5) is 0 Å². The summed E-state index contributed by atoms with van der Waals surface area (Å²) in [5, 5.41) is 59.0. The lowest BCUT2D eigenvalue weighted by Crippen LogP contribution is -2.65. The molecule has 0 aliphatic carbocycles. The first kappa shape index (κ1) is 24.3. The van der Waals surface area contributed by atoms with Crippen molar-refractivity contribution >= 4 is 16.4 Å². The van der Waals surface area contributed by atoms with E-state index in [1.807, 2.05) is 0 Å². The summed E-state index contributed by atoms with van der Waals surface area (Å²) in [7, 11) is -4.10. The Balaban J connectivity index is 2.29. The molecule has 170 valence electrons. The van der Waals surface area contributed by atoms with Gasteiger partial charge in [0.15, 0.2) is 18.7 Å². The van der Waals surface area contributed by atoms with Crippen LogP contribution in [0.25, 0.3) is 0 Å². The van der Waals surface area contributed by atoms with Gasteiger partial charge in [-0.25, -0.2) is 8.98 Å². The molecule has 0 amide bonds. The quantitative estimate of drug-likeness (QED) is 0.180. The summed E-state index contributed by atoms with van der Waals surface area (Å²) in [6.07, 6.45) is -18.7. The van der Waals surface area contributed by atoms with Crippen LogP contribution in [0.1, 0.15) is 0 Å². The third kappa shape index (κ3) is 5.37. The average Bonchev–Trinajstić information content (AvgIpc) is 2.63. The highest BCUT2D eigenvalue weighted by Gasteiger charge is 2.54. The highest BCUT2D eigenvalue weighted by molar-refractivity contribution is 7.80. The zero-order valence-electron chi connectivity index (χ0n) is 14.8. The zero-order chi connectivity index (χ0) is 22.1. The fraction of sp³-hybridized carbons (Fsp3) is 0.923. The van der Waals surface area contributed by atoms with Gasteiger partial charge < -0.3 is 49.6 Å². The van der Waals surface area contributed by atoms with Crippen LogP contribution >= 0.6 is 0 Å². The normalized spacial score (nSPS) is 43.8. The molecule has 0 aromatic carbocycles. The van der Waals surface area contributed by atoms with Crippen molar-refractivity contribution in [3.8, 4) is 0 Å². The molecule has 0 aromatic rings. The largest absolute Gasteiger partial charge is 0.479 e. The van der Waals surface area contributed by atoms with Crippen molar-refractivity contribution in [2.24, 2.45) is 0 Å². The Morgan fingerprint density at radius 1 is 0.966 bits per heavy atom. The Morgan fingerprint density at radius 2 is 1.55 bits per heavy atom. The predicted octanol–water partition coefficient (Wildman–Crippen LogP) is -4.82. The van der Waals surface area contributed by atoms with Gasteiger partial charge in [0.2, 0.25) is 0 Å². The summed E-state index contributed by atoms with van der Waals surface area (Å²) < 4.78 is 55.0. The number of carboxylic acid groups (broad SMARTS) is 1. The molecule has 29 heavy (non-hydrogen) atoms. The molecule has 0 bridgehead atoms. The standard InChI is InChI=1S/C13H22O15S/c1-24-12-6(17)8(4(15)3(2-14)25-12)26-13-7(18)9(28-29(21,22)23)5(16)10(27-13)11(19)20/h3-10,12-18H,2H2,1H3,(H,19,20)(H,21,22,23). The van der Waals surface area contributed by atoms with Crippen molar-refractivity contribution in [2.75, 3.05) is 13.7 Å². The number of carboxylic acids is 1. The number of aliphatic hydroxyl groups excluding tert-OH is 5. The summed E-state index contributed by atoms with van der Waals surface area (Å²) in [5.74, 6) is -1.79. The smallest absolute Gasteiger partial charge is 0.397 e. The fourth-order valence-electron chi connectivity index (χ4n) is 2.97. The molecule has 7 N–H and O–H groups in total. The molecule has 2 saturated heterocycles. The maximum absolute atomic E-state index is 11.3. The first-order valence-electron chi connectivity index (χ1n) is 8.12. The lowest BCUT2D eigenvalue weighted by molar-refractivity contribution is -0.352. The van der Waals surface area contributed by atoms with E-state index in [-0.39, 0.29) is 0 Å². The number of hydrogen-bond donors (Lipinski definition) is 7. The Hall–Kier alpha value is -1.02. The minimum Gasteiger partial charge on any atom is -0.479 e. The zero-order valence-corrected chi connectivity index (χ0v) is 15.6. The van der Waals surface area contributed by atoms with Crippen LogP contribution in [0.3, 0.4) is 0 Å². The SMILES string of the molecule is COC1OC(CO)C(O)C(OC2OC(C(=O)O)C(O)C(OS(=O)(=O)O)C2O)C1O. The number of aliphatic hydroxyl groups is 5. The van der Waals surface area contributed by atoms with Crippen LogP contribution in [0.5, 0.6) is 0 Å². The summed E-state index contributed by atoms with van der Waals surface area (Å²) in [5.41, 5.74) is 0. The lowest BCUT2D eigenvalue weighted by Gasteiger charge is -2.45. The molecule has 16 heteroatoms. The van der Waals surface area contributed by atoms with Gasteiger partial charge >= 0.3 is 16.4 Å². The average molecular weight is 450 g/mol. The van der Waals surface area contributed by atoms with Crippen LogP contribution in [0, 0.1) is 0 Å². The minimum atomic E-state index is -5.24. The summed E-state index contributed by atoms with van der Waals surface area (Å²) in [6.45, 7) is -0.730. The van der Waals surface area contributed by atoms with Crippen LogP contribution in [-0.2, 0) is 38.3 Å². The molecule has 10 unspecified atom stereocenters. The molecule has 0 saturated carbocycles. The third-order valence-corrected chi connectivity index (χ3v) is 4.83. The van der Waals surface area contributed by atoms with E-state index in [1.165, 1.54) is 0 Å². The van der Waals surface area contributed by atoms with E-state index in [9.17, 15) is 38.7 Å². The van der Waals surface area contributed by atoms with E-state index in [4.69, 9.17) is 28.6 Å². The Morgan fingerprint density at radius 3 is 2.03 bits per heavy atom. The molecular formula is C13H22O15S. The van der Waals surface area contributed by atoms with E-state index >= 15 is 0 Å². The van der Waals surface area contributed by atoms with Crippen LogP contribution in [0.2, 0.25) is 0 Å². The van der Waals surface area contributed by atoms with Gasteiger partial charge in [-0.2, -0.15) is 8.42 Å². The van der Waals surface area contributed by atoms with Crippen molar-refractivity contribution < 1.29 is 71.5 Å². The summed E-state index contributed by atoms with van der Waals surface area (Å²) in [6, 6.07) is 0. The molecule has 0 spiro atoms. The van der Waals surface area contributed by atoms with Crippen LogP contribution < -0.4 is 0 Å². The third-order valence-electron chi connectivity index (χ3n) is 4.36. The maximum atomic E-state index is 11.3. The second-order valence-electron chi connectivity index (χ2n) is 6.28. The van der Waals surface area contributed by atoms with Gasteiger partial charge in [0, 0.05) is 7.11 Å². The molecule has 0 aromatic heterocycles. The molecule has 0 radical (unpaired) electrons. The minimum absolute atomic E-state index is 0.730. The first-order valence-corrected chi connectivity index (χ1v) is 9.48. The van der Waals surface area contributed by atoms with Gasteiger partial charge in [-0.1, -0.05) is 0 Å². The highest BCUT2D eigenvalue weighted by Crippen LogP contribution is 2.30. The van der Waals surface area contributed by atoms with Gasteiger partial charge in [-0.15, -0.1) is 0 Å². The van der Waals surface area contributed by atoms with Crippen molar-refractivity contribution in [1.82, 2.24) is 0 Å². The molecule has 10 atom stereocenters. The van der Waals surface area contributed by atoms with E-state index in [2.05, 4.69) is 4.18 Å². The Labute approximate surface area is 163 Å². The molecule has 2 fully saturated rings. The molecule has 2 aliphatic rings. The van der Waals surface area contributed by atoms with Crippen LogP contribution in [-0.4, -0.2) is 125 Å². The summed E-state index contributed by atoms with van der Waals surface area (Å²) in [4.78, 5) is 11.3. The molecular weight excluding hydrogens is 428 g/mol. The Bertz CT molecular complexity index is 653. The first-order chi connectivity index (χ1) is 13.4. The molecule has 15 nitrogen and oxygen atoms in total. The van der Waals surface area contributed by atoms with Gasteiger partial charge in [0.25, 0.3) is 0 Å². The molecule has 2 aliphatic heterocycles. The van der Waals surface area contributed by atoms with E-state index < -0.39 is 84.4 Å². The number of hydrogen-bond acceptors (Lipinski definition) is 13. The van der Waals surface area contributed by atoms with Crippen molar-refractivity contribution in [1.29, 1.82) is 0 Å². The van der Waals surface area contributed by atoms with E-state index in [0.29, 0.717) is 0 Å². The van der Waals surface area contributed by atoms with Crippen LogP contribution in [0.15, 0.2) is 0 Å². The molecule has 2 rings (SSSR count). The van der Waals surface area contributed by atoms with Gasteiger partial charge in [0.1, 0.15) is 42.7 Å². The van der Waals surface area contributed by atoms with Crippen molar-refractivity contribution in [3.63, 3.8) is 0 Å². The predicted molar refractivity (Wildman–Crippen MR) is 84.4 cm³/mol. The highest BCUT2D eigenvalue weighted by atomic mass is 32.3. The topological polar surface area (TPSA) is 239 Å². The maximum Gasteiger partial charge on any atom is 0.397 e. The number of aliphatic carboxylic acids is 1. The number of carbonyl (C=O) groups is 1.